The molecule has 2 aromatic heterocycles. The summed E-state index contributed by atoms with van der Waals surface area (Å²) in [7, 11) is 0. The predicted molar refractivity (Wildman–Crippen MR) is 105 cm³/mol. The first-order chi connectivity index (χ1) is 12.6. The molecule has 1 aromatic carbocycles. The molecule has 0 bridgehead atoms. The number of hydrogen-bond acceptors (Lipinski definition) is 3. The average molecular weight is 350 g/mol. The fourth-order valence-electron chi connectivity index (χ4n) is 3.19. The Morgan fingerprint density at radius 1 is 1.12 bits per heavy atom. The van der Waals surface area contributed by atoms with Gasteiger partial charge in [0.2, 0.25) is 0 Å². The van der Waals surface area contributed by atoms with E-state index in [4.69, 9.17) is 0 Å². The Balaban J connectivity index is 1.94. The van der Waals surface area contributed by atoms with Crippen molar-refractivity contribution in [2.24, 2.45) is 0 Å². The first-order valence-electron chi connectivity index (χ1n) is 9.32. The summed E-state index contributed by atoms with van der Waals surface area (Å²) in [5.74, 6) is -0.0484. The number of amides is 1. The Bertz CT molecular complexity index is 899. The maximum atomic E-state index is 12.8. The molecule has 1 N–H and O–H groups in total. The molecule has 2 heterocycles. The van der Waals surface area contributed by atoms with Crippen molar-refractivity contribution in [3.8, 4) is 5.69 Å². The lowest BCUT2D eigenvalue weighted by Gasteiger charge is -2.08. The van der Waals surface area contributed by atoms with E-state index in [2.05, 4.69) is 22.3 Å². The highest BCUT2D eigenvalue weighted by Gasteiger charge is 2.19. The molecule has 0 spiro atoms. The summed E-state index contributed by atoms with van der Waals surface area (Å²) in [6, 6.07) is 11.7. The van der Waals surface area contributed by atoms with E-state index in [9.17, 15) is 4.79 Å². The first kappa shape index (κ1) is 18.1. The zero-order valence-electron chi connectivity index (χ0n) is 15.7. The van der Waals surface area contributed by atoms with Gasteiger partial charge in [-0.25, -0.2) is 9.67 Å². The van der Waals surface area contributed by atoms with Crippen molar-refractivity contribution in [3.05, 3.63) is 53.3 Å². The fourth-order valence-corrected chi connectivity index (χ4v) is 3.19. The van der Waals surface area contributed by atoms with Crippen molar-refractivity contribution in [2.75, 3.05) is 6.54 Å². The smallest absolute Gasteiger partial charge is 0.252 e. The third-order valence-electron chi connectivity index (χ3n) is 4.50. The highest BCUT2D eigenvalue weighted by molar-refractivity contribution is 6.06. The van der Waals surface area contributed by atoms with Crippen LogP contribution < -0.4 is 5.32 Å². The van der Waals surface area contributed by atoms with Crippen molar-refractivity contribution in [1.82, 2.24) is 20.1 Å². The molecule has 5 nitrogen and oxygen atoms in total. The summed E-state index contributed by atoms with van der Waals surface area (Å²) in [6.45, 7) is 6.72. The van der Waals surface area contributed by atoms with Crippen LogP contribution in [0.3, 0.4) is 0 Å². The minimum Gasteiger partial charge on any atom is -0.352 e. The van der Waals surface area contributed by atoms with E-state index in [0.717, 1.165) is 41.0 Å². The van der Waals surface area contributed by atoms with Crippen molar-refractivity contribution in [1.29, 1.82) is 0 Å². The number of carbonyl (C=O) groups is 1. The normalized spacial score (nSPS) is 11.0. The predicted octanol–water partition coefficient (Wildman–Crippen LogP) is 4.35. The van der Waals surface area contributed by atoms with Crippen LogP contribution in [0.15, 0.2) is 36.4 Å². The van der Waals surface area contributed by atoms with Gasteiger partial charge in [-0.15, -0.1) is 0 Å². The minimum absolute atomic E-state index is 0.0484. The highest BCUT2D eigenvalue weighted by Crippen LogP contribution is 2.24. The van der Waals surface area contributed by atoms with E-state index in [0.29, 0.717) is 12.1 Å². The van der Waals surface area contributed by atoms with Crippen LogP contribution in [0.1, 0.15) is 54.4 Å². The molecular weight excluding hydrogens is 324 g/mol. The third kappa shape index (κ3) is 3.77. The van der Waals surface area contributed by atoms with Gasteiger partial charge in [-0.2, -0.15) is 5.10 Å². The Kier molecular flexibility index (Phi) is 5.66. The third-order valence-corrected chi connectivity index (χ3v) is 4.50. The van der Waals surface area contributed by atoms with Gasteiger partial charge in [0, 0.05) is 12.2 Å². The molecule has 0 aliphatic carbocycles. The number of aryl methyl sites for hydroxylation is 2. The lowest BCUT2D eigenvalue weighted by Crippen LogP contribution is -2.25. The summed E-state index contributed by atoms with van der Waals surface area (Å²) in [5.41, 5.74) is 3.94. The molecule has 0 radical (unpaired) electrons. The Labute approximate surface area is 154 Å². The van der Waals surface area contributed by atoms with Gasteiger partial charge in [0.1, 0.15) is 0 Å². The van der Waals surface area contributed by atoms with Gasteiger partial charge in [-0.1, -0.05) is 44.4 Å². The van der Waals surface area contributed by atoms with Crippen LogP contribution in [0, 0.1) is 13.8 Å². The molecule has 136 valence electrons. The number of unbranched alkanes of at least 4 members (excludes halogenated alkanes) is 3. The molecule has 0 fully saturated rings. The number of hydrogen-bond donors (Lipinski definition) is 1. The molecule has 0 saturated heterocycles. The second-order valence-corrected chi connectivity index (χ2v) is 6.66. The lowest BCUT2D eigenvalue weighted by atomic mass is 10.1. The largest absolute Gasteiger partial charge is 0.352 e. The monoisotopic (exact) mass is 350 g/mol. The topological polar surface area (TPSA) is 59.8 Å². The molecule has 5 heteroatoms. The van der Waals surface area contributed by atoms with E-state index in [-0.39, 0.29) is 5.91 Å². The standard InChI is InChI=1S/C21H26N4O/c1-4-5-6-10-13-22-21(26)18-14-15(2)23-20-19(18)16(3)24-25(20)17-11-8-7-9-12-17/h7-9,11-12,14H,4-6,10,13H2,1-3H3,(H,22,26). The Hall–Kier alpha value is -2.69. The van der Waals surface area contributed by atoms with E-state index < -0.39 is 0 Å². The van der Waals surface area contributed by atoms with Gasteiger partial charge in [0.05, 0.1) is 22.3 Å². The number of rotatable bonds is 7. The molecule has 0 unspecified atom stereocenters. The van der Waals surface area contributed by atoms with E-state index in [1.165, 1.54) is 12.8 Å². The number of para-hydroxylation sites is 1. The summed E-state index contributed by atoms with van der Waals surface area (Å²) in [6.07, 6.45) is 4.55. The molecule has 1 amide bonds. The lowest BCUT2D eigenvalue weighted by molar-refractivity contribution is 0.0954. The number of pyridine rings is 1. The summed E-state index contributed by atoms with van der Waals surface area (Å²) in [5, 5.41) is 8.51. The van der Waals surface area contributed by atoms with Crippen molar-refractivity contribution >= 4 is 16.9 Å². The Morgan fingerprint density at radius 3 is 2.62 bits per heavy atom. The summed E-state index contributed by atoms with van der Waals surface area (Å²) >= 11 is 0. The van der Waals surface area contributed by atoms with E-state index in [1.54, 1.807) is 0 Å². The van der Waals surface area contributed by atoms with Gasteiger partial charge < -0.3 is 5.32 Å². The van der Waals surface area contributed by atoms with Crippen LogP contribution >= 0.6 is 0 Å². The molecule has 26 heavy (non-hydrogen) atoms. The van der Waals surface area contributed by atoms with Crippen LogP contribution in [0.2, 0.25) is 0 Å². The van der Waals surface area contributed by atoms with Crippen LogP contribution in [0.25, 0.3) is 16.7 Å². The number of carbonyl (C=O) groups excluding carboxylic acids is 1. The van der Waals surface area contributed by atoms with Crippen LogP contribution in [0.5, 0.6) is 0 Å². The quantitative estimate of drug-likeness (QED) is 0.645. The van der Waals surface area contributed by atoms with Gasteiger partial charge in [-0.05, 0) is 38.5 Å². The number of nitrogens with one attached hydrogen (secondary N) is 1. The first-order valence-corrected chi connectivity index (χ1v) is 9.32. The van der Waals surface area contributed by atoms with Gasteiger partial charge >= 0.3 is 0 Å². The molecule has 0 saturated carbocycles. The molecule has 0 aliphatic heterocycles. The summed E-state index contributed by atoms with van der Waals surface area (Å²) < 4.78 is 1.82. The molecular formula is C21H26N4O. The molecule has 3 aromatic rings. The van der Waals surface area contributed by atoms with E-state index in [1.807, 2.05) is 54.9 Å². The van der Waals surface area contributed by atoms with Crippen molar-refractivity contribution in [2.45, 2.75) is 46.5 Å². The van der Waals surface area contributed by atoms with Crippen LogP contribution in [0.4, 0.5) is 0 Å². The molecule has 0 aliphatic rings. The highest BCUT2D eigenvalue weighted by atomic mass is 16.1. The average Bonchev–Trinajstić information content (AvgIpc) is 2.98. The summed E-state index contributed by atoms with van der Waals surface area (Å²) in [4.78, 5) is 17.4. The van der Waals surface area contributed by atoms with Crippen molar-refractivity contribution < 1.29 is 4.79 Å². The van der Waals surface area contributed by atoms with Gasteiger partial charge in [0.25, 0.3) is 5.91 Å². The van der Waals surface area contributed by atoms with Gasteiger partial charge in [0.15, 0.2) is 5.65 Å². The maximum Gasteiger partial charge on any atom is 0.252 e. The van der Waals surface area contributed by atoms with Crippen molar-refractivity contribution in [3.63, 3.8) is 0 Å². The number of nitrogens with zero attached hydrogens (tertiary/aromatic N) is 3. The minimum atomic E-state index is -0.0484. The second-order valence-electron chi connectivity index (χ2n) is 6.66. The zero-order valence-corrected chi connectivity index (χ0v) is 15.7. The molecule has 0 atom stereocenters. The fraction of sp³-hybridized carbons (Fsp3) is 0.381. The number of aromatic nitrogens is 3. The zero-order chi connectivity index (χ0) is 18.5. The number of benzene rings is 1. The van der Waals surface area contributed by atoms with Crippen LogP contribution in [-0.4, -0.2) is 27.2 Å². The van der Waals surface area contributed by atoms with E-state index >= 15 is 0 Å². The van der Waals surface area contributed by atoms with Crippen LogP contribution in [-0.2, 0) is 0 Å². The maximum absolute atomic E-state index is 12.8. The molecule has 3 rings (SSSR count). The van der Waals surface area contributed by atoms with Gasteiger partial charge in [-0.3, -0.25) is 4.79 Å². The Morgan fingerprint density at radius 2 is 1.88 bits per heavy atom. The second kappa shape index (κ2) is 8.13. The number of fused-ring (bicyclic) bond motifs is 1. The SMILES string of the molecule is CCCCCCNC(=O)c1cc(C)nc2c1c(C)nn2-c1ccccc1.